The summed E-state index contributed by atoms with van der Waals surface area (Å²) in [4.78, 5) is 4.01. The highest BCUT2D eigenvalue weighted by atomic mass is 32.2. The van der Waals surface area contributed by atoms with Crippen LogP contribution in [0.2, 0.25) is 0 Å². The van der Waals surface area contributed by atoms with Crippen LogP contribution >= 0.6 is 11.8 Å². The van der Waals surface area contributed by atoms with Gasteiger partial charge in [0.05, 0.1) is 6.10 Å². The number of aliphatic hydroxyl groups is 1. The third-order valence-corrected chi connectivity index (χ3v) is 2.71. The molecule has 1 atom stereocenters. The molecule has 1 unspecified atom stereocenters. The lowest BCUT2D eigenvalue weighted by Crippen LogP contribution is -1.99. The summed E-state index contributed by atoms with van der Waals surface area (Å²) in [6.07, 6.45) is 2.95. The molecule has 1 N–H and O–H groups in total. The van der Waals surface area contributed by atoms with Crippen LogP contribution in [0.15, 0.2) is 29.0 Å². The third-order valence-electron chi connectivity index (χ3n) is 2.06. The zero-order valence-electron chi connectivity index (χ0n) is 7.80. The second-order valence-corrected chi connectivity index (χ2v) is 3.96. The van der Waals surface area contributed by atoms with Crippen LogP contribution < -0.4 is 0 Å². The molecule has 0 spiro atoms. The average molecular weight is 209 g/mol. The number of hydrogen-bond donors (Lipinski definition) is 1. The van der Waals surface area contributed by atoms with Gasteiger partial charge in [0.15, 0.2) is 12.0 Å². The highest BCUT2D eigenvalue weighted by Gasteiger charge is 2.08. The molecular weight excluding hydrogens is 198 g/mol. The first-order valence-corrected chi connectivity index (χ1v) is 5.71. The molecule has 2 aromatic rings. The van der Waals surface area contributed by atoms with Crippen LogP contribution in [0.3, 0.4) is 0 Å². The zero-order valence-corrected chi connectivity index (χ0v) is 8.62. The van der Waals surface area contributed by atoms with E-state index in [2.05, 4.69) is 4.98 Å². The standard InChI is InChI=1S/C10H11NO2S/c1-14-5-9(12)7-2-3-8-10(4-7)13-6-11-8/h2-4,6,9,12H,5H2,1H3. The van der Waals surface area contributed by atoms with Gasteiger partial charge in [0.2, 0.25) is 0 Å². The van der Waals surface area contributed by atoms with Crippen molar-refractivity contribution in [2.75, 3.05) is 12.0 Å². The van der Waals surface area contributed by atoms with Crippen LogP contribution in [0.1, 0.15) is 11.7 Å². The van der Waals surface area contributed by atoms with Gasteiger partial charge in [0, 0.05) is 5.75 Å². The Bertz CT molecular complexity index is 427. The third kappa shape index (κ3) is 1.76. The van der Waals surface area contributed by atoms with Gasteiger partial charge >= 0.3 is 0 Å². The Morgan fingerprint density at radius 1 is 1.57 bits per heavy atom. The summed E-state index contributed by atoms with van der Waals surface area (Å²) < 4.78 is 5.16. The number of benzene rings is 1. The van der Waals surface area contributed by atoms with Crippen LogP contribution in [0.4, 0.5) is 0 Å². The van der Waals surface area contributed by atoms with Gasteiger partial charge in [-0.15, -0.1) is 0 Å². The number of aliphatic hydroxyl groups excluding tert-OH is 1. The number of thioether (sulfide) groups is 1. The fourth-order valence-corrected chi connectivity index (χ4v) is 1.84. The highest BCUT2D eigenvalue weighted by molar-refractivity contribution is 7.98. The van der Waals surface area contributed by atoms with Crippen LogP contribution in [-0.2, 0) is 0 Å². The Kier molecular flexibility index (Phi) is 2.74. The minimum atomic E-state index is -0.431. The second-order valence-electron chi connectivity index (χ2n) is 3.05. The predicted molar refractivity (Wildman–Crippen MR) is 57.4 cm³/mol. The van der Waals surface area contributed by atoms with E-state index in [9.17, 15) is 5.11 Å². The molecule has 74 valence electrons. The van der Waals surface area contributed by atoms with Crippen molar-refractivity contribution in [1.29, 1.82) is 0 Å². The maximum absolute atomic E-state index is 9.73. The summed E-state index contributed by atoms with van der Waals surface area (Å²) in [5.41, 5.74) is 2.43. The lowest BCUT2D eigenvalue weighted by molar-refractivity contribution is 0.204. The maximum atomic E-state index is 9.73. The van der Waals surface area contributed by atoms with E-state index in [0.717, 1.165) is 16.7 Å². The summed E-state index contributed by atoms with van der Waals surface area (Å²) in [7, 11) is 0. The van der Waals surface area contributed by atoms with Crippen LogP contribution in [0, 0.1) is 0 Å². The first kappa shape index (κ1) is 9.55. The Labute approximate surface area is 86.1 Å². The minimum Gasteiger partial charge on any atom is -0.443 e. The van der Waals surface area contributed by atoms with Crippen LogP contribution in [0.25, 0.3) is 11.1 Å². The summed E-state index contributed by atoms with van der Waals surface area (Å²) in [6.45, 7) is 0. The van der Waals surface area contributed by atoms with Gasteiger partial charge in [-0.1, -0.05) is 6.07 Å². The molecule has 1 aromatic carbocycles. The average Bonchev–Trinajstić information content (AvgIpc) is 2.64. The predicted octanol–water partition coefficient (Wildman–Crippen LogP) is 2.22. The molecule has 4 heteroatoms. The Hall–Kier alpha value is -1.00. The molecule has 0 amide bonds. The number of oxazole rings is 1. The van der Waals surface area contributed by atoms with Gasteiger partial charge in [-0.2, -0.15) is 11.8 Å². The summed E-state index contributed by atoms with van der Waals surface area (Å²) in [5.74, 6) is 0.694. The molecule has 1 heterocycles. The van der Waals surface area contributed by atoms with E-state index < -0.39 is 6.10 Å². The summed E-state index contributed by atoms with van der Waals surface area (Å²) >= 11 is 1.62. The lowest BCUT2D eigenvalue weighted by atomic mass is 10.1. The van der Waals surface area contributed by atoms with E-state index >= 15 is 0 Å². The molecule has 0 bridgehead atoms. The van der Waals surface area contributed by atoms with Gasteiger partial charge in [0.1, 0.15) is 5.52 Å². The lowest BCUT2D eigenvalue weighted by Gasteiger charge is -2.08. The normalized spacial score (nSPS) is 13.3. The van der Waals surface area contributed by atoms with Crippen molar-refractivity contribution in [3.8, 4) is 0 Å². The Morgan fingerprint density at radius 3 is 3.21 bits per heavy atom. The van der Waals surface area contributed by atoms with Crippen LogP contribution in [-0.4, -0.2) is 22.1 Å². The van der Waals surface area contributed by atoms with Gasteiger partial charge < -0.3 is 9.52 Å². The number of aromatic nitrogens is 1. The van der Waals surface area contributed by atoms with Crippen molar-refractivity contribution in [3.05, 3.63) is 30.2 Å². The molecule has 0 aliphatic carbocycles. The van der Waals surface area contributed by atoms with Gasteiger partial charge in [-0.3, -0.25) is 0 Å². The Morgan fingerprint density at radius 2 is 2.43 bits per heavy atom. The van der Waals surface area contributed by atoms with Crippen molar-refractivity contribution >= 4 is 22.9 Å². The van der Waals surface area contributed by atoms with Crippen molar-refractivity contribution in [1.82, 2.24) is 4.98 Å². The first-order valence-electron chi connectivity index (χ1n) is 4.31. The molecule has 0 saturated heterocycles. The second kappa shape index (κ2) is 4.02. The van der Waals surface area contributed by atoms with Crippen LogP contribution in [0.5, 0.6) is 0 Å². The molecule has 0 radical (unpaired) electrons. The van der Waals surface area contributed by atoms with Crippen molar-refractivity contribution in [2.24, 2.45) is 0 Å². The van der Waals surface area contributed by atoms with E-state index in [1.165, 1.54) is 6.39 Å². The molecule has 2 rings (SSSR count). The fraction of sp³-hybridized carbons (Fsp3) is 0.300. The summed E-state index contributed by atoms with van der Waals surface area (Å²) in [6, 6.07) is 5.58. The quantitative estimate of drug-likeness (QED) is 0.842. The SMILES string of the molecule is CSCC(O)c1ccc2ncoc2c1. The van der Waals surface area contributed by atoms with Gasteiger partial charge in [0.25, 0.3) is 0 Å². The molecule has 0 aliphatic rings. The molecule has 3 nitrogen and oxygen atoms in total. The van der Waals surface area contributed by atoms with E-state index in [4.69, 9.17) is 4.42 Å². The number of rotatable bonds is 3. The first-order chi connectivity index (χ1) is 6.81. The molecular formula is C10H11NO2S. The van der Waals surface area contributed by atoms with Crippen molar-refractivity contribution in [3.63, 3.8) is 0 Å². The monoisotopic (exact) mass is 209 g/mol. The molecule has 1 aromatic heterocycles. The number of fused-ring (bicyclic) bond motifs is 1. The molecule has 14 heavy (non-hydrogen) atoms. The molecule has 0 fully saturated rings. The van der Waals surface area contributed by atoms with E-state index in [-0.39, 0.29) is 0 Å². The smallest absolute Gasteiger partial charge is 0.181 e. The number of hydrogen-bond acceptors (Lipinski definition) is 4. The van der Waals surface area contributed by atoms with Gasteiger partial charge in [-0.25, -0.2) is 4.98 Å². The van der Waals surface area contributed by atoms with E-state index in [1.54, 1.807) is 11.8 Å². The topological polar surface area (TPSA) is 46.3 Å². The van der Waals surface area contributed by atoms with E-state index in [0.29, 0.717) is 5.75 Å². The largest absolute Gasteiger partial charge is 0.443 e. The van der Waals surface area contributed by atoms with Gasteiger partial charge in [-0.05, 0) is 24.0 Å². The minimum absolute atomic E-state index is 0.431. The van der Waals surface area contributed by atoms with E-state index in [1.807, 2.05) is 24.5 Å². The Balaban J connectivity index is 2.33. The highest BCUT2D eigenvalue weighted by Crippen LogP contribution is 2.21. The molecule has 0 aliphatic heterocycles. The number of nitrogens with zero attached hydrogens (tertiary/aromatic N) is 1. The van der Waals surface area contributed by atoms with Crippen molar-refractivity contribution in [2.45, 2.75) is 6.10 Å². The molecule has 0 saturated carbocycles. The zero-order chi connectivity index (χ0) is 9.97. The maximum Gasteiger partial charge on any atom is 0.181 e. The fourth-order valence-electron chi connectivity index (χ4n) is 1.33. The summed E-state index contributed by atoms with van der Waals surface area (Å²) in [5, 5.41) is 9.73. The van der Waals surface area contributed by atoms with Crippen molar-refractivity contribution < 1.29 is 9.52 Å².